The first-order valence-electron chi connectivity index (χ1n) is 8.51. The number of fused-ring (bicyclic) bond motifs is 1. The lowest BCUT2D eigenvalue weighted by Gasteiger charge is -2.12. The Hall–Kier alpha value is -2.59. The van der Waals surface area contributed by atoms with Crippen LogP contribution in [-0.4, -0.2) is 16.1 Å². The Labute approximate surface area is 159 Å². The molecule has 2 aromatic carbocycles. The van der Waals surface area contributed by atoms with Gasteiger partial charge in [0.05, 0.1) is 11.1 Å². The number of aryl methyl sites for hydroxylation is 1. The number of hydrogen-bond donors (Lipinski definition) is 1. The minimum Gasteiger partial charge on any atom is -0.488 e. The minimum atomic E-state index is -0.923. The summed E-state index contributed by atoms with van der Waals surface area (Å²) in [7, 11) is 0. The van der Waals surface area contributed by atoms with Crippen molar-refractivity contribution in [1.82, 2.24) is 4.98 Å². The third-order valence-corrected chi connectivity index (χ3v) is 4.11. The van der Waals surface area contributed by atoms with Crippen LogP contribution in [-0.2, 0) is 13.0 Å². The van der Waals surface area contributed by atoms with Crippen LogP contribution < -0.4 is 4.74 Å². The van der Waals surface area contributed by atoms with Gasteiger partial charge in [0.15, 0.2) is 0 Å². The lowest BCUT2D eigenvalue weighted by Crippen LogP contribution is -2.00. The number of pyridine rings is 1. The number of carboxylic acids is 1. The quantitative estimate of drug-likeness (QED) is 0.614. The molecule has 0 unspecified atom stereocenters. The van der Waals surface area contributed by atoms with Crippen molar-refractivity contribution in [2.75, 3.05) is 0 Å². The highest BCUT2D eigenvalue weighted by atomic mass is 35.5. The maximum absolute atomic E-state index is 10.9. The van der Waals surface area contributed by atoms with Crippen LogP contribution in [0, 0.1) is 0 Å². The van der Waals surface area contributed by atoms with Gasteiger partial charge in [-0.3, -0.25) is 4.98 Å². The first-order valence-corrected chi connectivity index (χ1v) is 8.51. The fraction of sp³-hybridized carbons (Fsp3) is 0.238. The molecule has 0 radical (unpaired) electrons. The number of hydrogen-bond acceptors (Lipinski definition) is 3. The Kier molecular flexibility index (Phi) is 6.98. The molecule has 0 spiro atoms. The van der Waals surface area contributed by atoms with Gasteiger partial charge in [-0.05, 0) is 42.7 Å². The van der Waals surface area contributed by atoms with E-state index < -0.39 is 5.97 Å². The Balaban J connectivity index is 0.00000243. The molecule has 4 nitrogen and oxygen atoms in total. The number of para-hydroxylation sites is 1. The molecule has 0 amide bonds. The van der Waals surface area contributed by atoms with Gasteiger partial charge >= 0.3 is 5.97 Å². The maximum Gasteiger partial charge on any atom is 0.335 e. The van der Waals surface area contributed by atoms with Crippen LogP contribution in [0.2, 0.25) is 0 Å². The summed E-state index contributed by atoms with van der Waals surface area (Å²) in [5, 5.41) is 9.96. The summed E-state index contributed by atoms with van der Waals surface area (Å²) in [6.45, 7) is 2.56. The van der Waals surface area contributed by atoms with E-state index in [0.29, 0.717) is 6.61 Å². The molecule has 136 valence electrons. The van der Waals surface area contributed by atoms with Gasteiger partial charge in [-0.1, -0.05) is 37.6 Å². The second-order valence-corrected chi connectivity index (χ2v) is 6.02. The van der Waals surface area contributed by atoms with Gasteiger partial charge < -0.3 is 9.84 Å². The number of aromatic carboxylic acids is 1. The zero-order valence-electron chi connectivity index (χ0n) is 14.6. The van der Waals surface area contributed by atoms with E-state index in [-0.39, 0.29) is 18.0 Å². The van der Waals surface area contributed by atoms with Crippen molar-refractivity contribution >= 4 is 29.3 Å². The summed E-state index contributed by atoms with van der Waals surface area (Å²) >= 11 is 0. The summed E-state index contributed by atoms with van der Waals surface area (Å²) in [6, 6.07) is 16.7. The topological polar surface area (TPSA) is 59.4 Å². The lowest BCUT2D eigenvalue weighted by atomic mass is 10.1. The molecule has 1 N–H and O–H groups in total. The Morgan fingerprint density at radius 1 is 1.12 bits per heavy atom. The van der Waals surface area contributed by atoms with Crippen molar-refractivity contribution in [2.45, 2.75) is 32.8 Å². The van der Waals surface area contributed by atoms with Crippen molar-refractivity contribution in [1.29, 1.82) is 0 Å². The Morgan fingerprint density at radius 2 is 1.85 bits per heavy atom. The summed E-state index contributed by atoms with van der Waals surface area (Å²) < 4.78 is 6.04. The van der Waals surface area contributed by atoms with Crippen molar-refractivity contribution in [2.24, 2.45) is 0 Å². The van der Waals surface area contributed by atoms with Gasteiger partial charge in [0, 0.05) is 17.1 Å². The SMILES string of the molecule is CCCCc1cc(OCc2ccc(C(=O)O)cc2)c2ccccc2n1.Cl. The highest BCUT2D eigenvalue weighted by molar-refractivity contribution is 5.87. The molecule has 3 aromatic rings. The number of ether oxygens (including phenoxy) is 1. The highest BCUT2D eigenvalue weighted by Crippen LogP contribution is 2.27. The van der Waals surface area contributed by atoms with Crippen LogP contribution in [0.1, 0.15) is 41.4 Å². The second kappa shape index (κ2) is 9.20. The molecule has 0 aliphatic carbocycles. The number of benzene rings is 2. The number of aromatic nitrogens is 1. The first-order chi connectivity index (χ1) is 12.2. The fourth-order valence-corrected chi connectivity index (χ4v) is 2.71. The minimum absolute atomic E-state index is 0. The van der Waals surface area contributed by atoms with Crippen LogP contribution in [0.3, 0.4) is 0 Å². The molecule has 26 heavy (non-hydrogen) atoms. The van der Waals surface area contributed by atoms with E-state index in [0.717, 1.165) is 47.2 Å². The third kappa shape index (κ3) is 4.73. The molecule has 0 saturated heterocycles. The number of carbonyl (C=O) groups is 1. The van der Waals surface area contributed by atoms with Crippen molar-refractivity contribution in [3.05, 3.63) is 71.4 Å². The Bertz CT molecular complexity index is 878. The van der Waals surface area contributed by atoms with Gasteiger partial charge in [-0.15, -0.1) is 12.4 Å². The number of halogens is 1. The van der Waals surface area contributed by atoms with Crippen LogP contribution >= 0.6 is 12.4 Å². The van der Waals surface area contributed by atoms with Crippen molar-refractivity contribution in [3.8, 4) is 5.75 Å². The Morgan fingerprint density at radius 3 is 2.54 bits per heavy atom. The number of nitrogens with zero attached hydrogens (tertiary/aromatic N) is 1. The van der Waals surface area contributed by atoms with Crippen LogP contribution in [0.15, 0.2) is 54.6 Å². The molecule has 0 bridgehead atoms. The molecular weight excluding hydrogens is 350 g/mol. The molecule has 0 aliphatic heterocycles. The maximum atomic E-state index is 10.9. The summed E-state index contributed by atoms with van der Waals surface area (Å²) in [5.74, 6) is -0.104. The number of rotatable bonds is 7. The van der Waals surface area contributed by atoms with E-state index in [4.69, 9.17) is 14.8 Å². The average molecular weight is 372 g/mol. The van der Waals surface area contributed by atoms with Gasteiger partial charge in [0.1, 0.15) is 12.4 Å². The van der Waals surface area contributed by atoms with Crippen LogP contribution in [0.4, 0.5) is 0 Å². The van der Waals surface area contributed by atoms with Gasteiger partial charge in [0.2, 0.25) is 0 Å². The zero-order valence-corrected chi connectivity index (χ0v) is 15.5. The standard InChI is InChI=1S/C21H21NO3.ClH/c1-2-3-6-17-13-20(18-7-4-5-8-19(18)22-17)25-14-15-9-11-16(12-10-15)21(23)24;/h4-5,7-13H,2-3,6,14H2,1H3,(H,23,24);1H. The highest BCUT2D eigenvalue weighted by Gasteiger charge is 2.08. The molecule has 0 saturated carbocycles. The lowest BCUT2D eigenvalue weighted by molar-refractivity contribution is 0.0697. The molecular formula is C21H22ClNO3. The smallest absolute Gasteiger partial charge is 0.335 e. The van der Waals surface area contributed by atoms with E-state index >= 15 is 0 Å². The van der Waals surface area contributed by atoms with Crippen LogP contribution in [0.25, 0.3) is 10.9 Å². The second-order valence-electron chi connectivity index (χ2n) is 6.02. The van der Waals surface area contributed by atoms with E-state index in [1.807, 2.05) is 30.3 Å². The molecule has 0 aliphatic rings. The van der Waals surface area contributed by atoms with Gasteiger partial charge in [-0.2, -0.15) is 0 Å². The molecule has 1 aromatic heterocycles. The number of carboxylic acid groups (broad SMARTS) is 1. The van der Waals surface area contributed by atoms with Crippen LogP contribution in [0.5, 0.6) is 5.75 Å². The van der Waals surface area contributed by atoms with Crippen molar-refractivity contribution in [3.63, 3.8) is 0 Å². The average Bonchev–Trinajstić information content (AvgIpc) is 2.64. The predicted octanol–water partition coefficient (Wildman–Crippen LogP) is 5.28. The zero-order chi connectivity index (χ0) is 17.6. The predicted molar refractivity (Wildman–Crippen MR) is 105 cm³/mol. The molecule has 0 atom stereocenters. The van der Waals surface area contributed by atoms with E-state index in [1.54, 1.807) is 24.3 Å². The van der Waals surface area contributed by atoms with E-state index in [1.165, 1.54) is 0 Å². The third-order valence-electron chi connectivity index (χ3n) is 4.11. The normalized spacial score (nSPS) is 10.3. The van der Waals surface area contributed by atoms with E-state index in [9.17, 15) is 4.79 Å². The monoisotopic (exact) mass is 371 g/mol. The molecule has 1 heterocycles. The molecule has 5 heteroatoms. The summed E-state index contributed by atoms with van der Waals surface area (Å²) in [5.41, 5.74) is 3.19. The number of unbranched alkanes of at least 4 members (excludes halogenated alkanes) is 1. The van der Waals surface area contributed by atoms with E-state index in [2.05, 4.69) is 6.92 Å². The van der Waals surface area contributed by atoms with Gasteiger partial charge in [0.25, 0.3) is 0 Å². The molecule has 0 fully saturated rings. The van der Waals surface area contributed by atoms with Crippen molar-refractivity contribution < 1.29 is 14.6 Å². The molecule has 3 rings (SSSR count). The summed E-state index contributed by atoms with van der Waals surface area (Å²) in [6.07, 6.45) is 3.16. The summed E-state index contributed by atoms with van der Waals surface area (Å²) in [4.78, 5) is 15.6. The fourth-order valence-electron chi connectivity index (χ4n) is 2.71. The first kappa shape index (κ1) is 19.7. The van der Waals surface area contributed by atoms with Gasteiger partial charge in [-0.25, -0.2) is 4.79 Å². The largest absolute Gasteiger partial charge is 0.488 e.